The fourth-order valence-electron chi connectivity index (χ4n) is 2.31. The third-order valence-corrected chi connectivity index (χ3v) is 3.36. The van der Waals surface area contributed by atoms with E-state index in [2.05, 4.69) is 9.97 Å². The van der Waals surface area contributed by atoms with Gasteiger partial charge >= 0.3 is 0 Å². The maximum Gasteiger partial charge on any atom is 0.183 e. The minimum absolute atomic E-state index is 0.163. The minimum Gasteiger partial charge on any atom is -0.381 e. The monoisotopic (exact) mass is 286 g/mol. The van der Waals surface area contributed by atoms with Gasteiger partial charge in [-0.1, -0.05) is 60.7 Å². The molecule has 1 heterocycles. The van der Waals surface area contributed by atoms with Gasteiger partial charge in [0.2, 0.25) is 0 Å². The van der Waals surface area contributed by atoms with Crippen LogP contribution in [0.25, 0.3) is 11.3 Å². The van der Waals surface area contributed by atoms with Crippen LogP contribution in [0.5, 0.6) is 0 Å². The number of nitrogen functional groups attached to an aromatic ring is 1. The van der Waals surface area contributed by atoms with Crippen molar-refractivity contribution in [1.82, 2.24) is 9.97 Å². The minimum atomic E-state index is 0.163. The molecule has 0 aliphatic heterocycles. The van der Waals surface area contributed by atoms with Crippen molar-refractivity contribution in [3.05, 3.63) is 77.6 Å². The molecule has 106 valence electrons. The Morgan fingerprint density at radius 1 is 0.909 bits per heavy atom. The molecule has 0 saturated heterocycles. The lowest BCUT2D eigenvalue weighted by molar-refractivity contribution is 1.03. The summed E-state index contributed by atoms with van der Waals surface area (Å²) in [4.78, 5) is 8.82. The summed E-state index contributed by atoms with van der Waals surface area (Å²) >= 11 is 0. The molecule has 4 nitrogen and oxygen atoms in total. The van der Waals surface area contributed by atoms with Crippen molar-refractivity contribution in [2.75, 3.05) is 5.73 Å². The lowest BCUT2D eigenvalue weighted by Crippen LogP contribution is -2.06. The zero-order chi connectivity index (χ0) is 15.4. The Morgan fingerprint density at radius 3 is 2.18 bits per heavy atom. The fraction of sp³-hybridized carbons (Fsp3) is 0.0556. The molecule has 0 aliphatic carbocycles. The SMILES string of the molecule is N#Cc1nc(-c2ccccc2)c(Cc2ccccc2)nc1N. The molecule has 1 aromatic heterocycles. The van der Waals surface area contributed by atoms with Gasteiger partial charge in [0.15, 0.2) is 11.5 Å². The second-order valence-corrected chi connectivity index (χ2v) is 4.89. The number of nitriles is 1. The molecule has 0 fully saturated rings. The van der Waals surface area contributed by atoms with Crippen molar-refractivity contribution < 1.29 is 0 Å². The smallest absolute Gasteiger partial charge is 0.183 e. The number of aromatic nitrogens is 2. The van der Waals surface area contributed by atoms with E-state index in [-0.39, 0.29) is 11.5 Å². The lowest BCUT2D eigenvalue weighted by Gasteiger charge is -2.10. The van der Waals surface area contributed by atoms with E-state index in [1.54, 1.807) is 0 Å². The first-order valence-electron chi connectivity index (χ1n) is 6.94. The maximum atomic E-state index is 9.14. The summed E-state index contributed by atoms with van der Waals surface area (Å²) in [5, 5.41) is 9.14. The van der Waals surface area contributed by atoms with Crippen LogP contribution in [-0.2, 0) is 6.42 Å². The first kappa shape index (κ1) is 13.8. The summed E-state index contributed by atoms with van der Waals surface area (Å²) in [7, 11) is 0. The molecule has 0 atom stereocenters. The van der Waals surface area contributed by atoms with Crippen LogP contribution in [0.3, 0.4) is 0 Å². The molecule has 2 N–H and O–H groups in total. The maximum absolute atomic E-state index is 9.14. The largest absolute Gasteiger partial charge is 0.381 e. The average Bonchev–Trinajstić information content (AvgIpc) is 2.57. The quantitative estimate of drug-likeness (QED) is 0.802. The van der Waals surface area contributed by atoms with Gasteiger partial charge in [0, 0.05) is 12.0 Å². The Morgan fingerprint density at radius 2 is 1.55 bits per heavy atom. The van der Waals surface area contributed by atoms with E-state index in [1.807, 2.05) is 66.7 Å². The molecular weight excluding hydrogens is 272 g/mol. The molecule has 2 aromatic carbocycles. The van der Waals surface area contributed by atoms with Gasteiger partial charge in [-0.15, -0.1) is 0 Å². The molecule has 0 bridgehead atoms. The van der Waals surface area contributed by atoms with Gasteiger partial charge in [-0.3, -0.25) is 0 Å². The van der Waals surface area contributed by atoms with E-state index in [9.17, 15) is 0 Å². The van der Waals surface area contributed by atoms with E-state index < -0.39 is 0 Å². The molecule has 0 unspecified atom stereocenters. The summed E-state index contributed by atoms with van der Waals surface area (Å²) in [5.74, 6) is 0.174. The van der Waals surface area contributed by atoms with Crippen molar-refractivity contribution in [2.24, 2.45) is 0 Å². The summed E-state index contributed by atoms with van der Waals surface area (Å²) in [6.07, 6.45) is 0.619. The van der Waals surface area contributed by atoms with E-state index in [4.69, 9.17) is 11.0 Å². The van der Waals surface area contributed by atoms with Crippen LogP contribution >= 0.6 is 0 Å². The number of benzene rings is 2. The molecule has 0 radical (unpaired) electrons. The second-order valence-electron chi connectivity index (χ2n) is 4.89. The average molecular weight is 286 g/mol. The van der Waals surface area contributed by atoms with E-state index in [0.717, 1.165) is 16.8 Å². The fourth-order valence-corrected chi connectivity index (χ4v) is 2.31. The van der Waals surface area contributed by atoms with Gasteiger partial charge in [-0.2, -0.15) is 5.26 Å². The van der Waals surface area contributed by atoms with E-state index in [1.165, 1.54) is 0 Å². The first-order valence-corrected chi connectivity index (χ1v) is 6.94. The highest BCUT2D eigenvalue weighted by molar-refractivity contribution is 5.65. The standard InChI is InChI=1S/C18H14N4/c19-12-16-18(20)22-15(11-13-7-3-1-4-8-13)17(21-16)14-9-5-2-6-10-14/h1-10H,11H2,(H2,20,22). The number of anilines is 1. The zero-order valence-electron chi connectivity index (χ0n) is 11.9. The Bertz CT molecular complexity index is 821. The van der Waals surface area contributed by atoms with Crippen LogP contribution in [0.1, 0.15) is 17.0 Å². The molecule has 4 heteroatoms. The van der Waals surface area contributed by atoms with E-state index >= 15 is 0 Å². The predicted octanol–water partition coefficient (Wildman–Crippen LogP) is 3.19. The van der Waals surface area contributed by atoms with Gasteiger partial charge in [-0.05, 0) is 5.56 Å². The Labute approximate surface area is 128 Å². The predicted molar refractivity (Wildman–Crippen MR) is 85.8 cm³/mol. The number of nitrogens with two attached hydrogens (primary N) is 1. The summed E-state index contributed by atoms with van der Waals surface area (Å²) in [6, 6.07) is 21.7. The molecular formula is C18H14N4. The van der Waals surface area contributed by atoms with Crippen LogP contribution in [0.4, 0.5) is 5.82 Å². The van der Waals surface area contributed by atoms with Gasteiger partial charge in [-0.25, -0.2) is 9.97 Å². The Kier molecular flexibility index (Phi) is 3.80. The Balaban J connectivity index is 2.12. The molecule has 22 heavy (non-hydrogen) atoms. The van der Waals surface area contributed by atoms with Crippen LogP contribution in [0, 0.1) is 11.3 Å². The lowest BCUT2D eigenvalue weighted by atomic mass is 10.0. The normalized spacial score (nSPS) is 10.1. The Hall–Kier alpha value is -3.19. The number of rotatable bonds is 3. The van der Waals surface area contributed by atoms with Gasteiger partial charge in [0.05, 0.1) is 11.4 Å². The van der Waals surface area contributed by atoms with Gasteiger partial charge < -0.3 is 5.73 Å². The molecule has 0 amide bonds. The highest BCUT2D eigenvalue weighted by atomic mass is 14.9. The summed E-state index contributed by atoms with van der Waals surface area (Å²) < 4.78 is 0. The number of hydrogen-bond acceptors (Lipinski definition) is 4. The first-order chi connectivity index (χ1) is 10.8. The highest BCUT2D eigenvalue weighted by Gasteiger charge is 2.13. The number of nitrogens with zero attached hydrogens (tertiary/aromatic N) is 3. The molecule has 0 saturated carbocycles. The van der Waals surface area contributed by atoms with E-state index in [0.29, 0.717) is 12.1 Å². The molecule has 0 aliphatic rings. The van der Waals surface area contributed by atoms with Crippen LogP contribution in [0.15, 0.2) is 60.7 Å². The van der Waals surface area contributed by atoms with Gasteiger partial charge in [0.25, 0.3) is 0 Å². The van der Waals surface area contributed by atoms with Crippen molar-refractivity contribution in [3.63, 3.8) is 0 Å². The molecule has 0 spiro atoms. The van der Waals surface area contributed by atoms with Crippen LogP contribution in [0.2, 0.25) is 0 Å². The highest BCUT2D eigenvalue weighted by Crippen LogP contribution is 2.24. The van der Waals surface area contributed by atoms with Crippen molar-refractivity contribution in [1.29, 1.82) is 5.26 Å². The van der Waals surface area contributed by atoms with Crippen molar-refractivity contribution >= 4 is 5.82 Å². The molecule has 3 aromatic rings. The van der Waals surface area contributed by atoms with Crippen LogP contribution < -0.4 is 5.73 Å². The van der Waals surface area contributed by atoms with Crippen molar-refractivity contribution in [3.8, 4) is 17.3 Å². The summed E-state index contributed by atoms with van der Waals surface area (Å²) in [5.41, 5.74) is 9.53. The topological polar surface area (TPSA) is 75.6 Å². The third kappa shape index (κ3) is 2.79. The zero-order valence-corrected chi connectivity index (χ0v) is 11.9. The summed E-state index contributed by atoms with van der Waals surface area (Å²) in [6.45, 7) is 0. The third-order valence-electron chi connectivity index (χ3n) is 3.36. The van der Waals surface area contributed by atoms with Crippen molar-refractivity contribution in [2.45, 2.75) is 6.42 Å². The van der Waals surface area contributed by atoms with Crippen LogP contribution in [-0.4, -0.2) is 9.97 Å². The second kappa shape index (κ2) is 6.06. The number of hydrogen-bond donors (Lipinski definition) is 1. The molecule has 3 rings (SSSR count). The van der Waals surface area contributed by atoms with Gasteiger partial charge in [0.1, 0.15) is 6.07 Å².